The zero-order valence-electron chi connectivity index (χ0n) is 21.5. The molecule has 1 fully saturated rings. The standard InChI is InChI=1S/C27H28ClF2NO7S/c1-27(2,3)38-26(34)31-17-12-18(22(25(32)33)21(31)14-39(35,36)13-17)16-6-4-15(5-7-16)10-11-37-24-20(30)9-8-19(29)23(24)28/h4-9,17,21H,10-14H2,1-3H3,(H,32,33). The van der Waals surface area contributed by atoms with Crippen molar-refractivity contribution in [2.45, 2.75) is 51.3 Å². The summed E-state index contributed by atoms with van der Waals surface area (Å²) in [4.78, 5) is 26.6. The van der Waals surface area contributed by atoms with E-state index in [-0.39, 0.29) is 30.1 Å². The lowest BCUT2D eigenvalue weighted by Gasteiger charge is -2.46. The monoisotopic (exact) mass is 583 g/mol. The van der Waals surface area contributed by atoms with E-state index in [4.69, 9.17) is 21.1 Å². The van der Waals surface area contributed by atoms with E-state index in [9.17, 15) is 31.9 Å². The summed E-state index contributed by atoms with van der Waals surface area (Å²) in [6, 6.07) is 6.75. The van der Waals surface area contributed by atoms with Crippen molar-refractivity contribution in [3.05, 3.63) is 69.8 Å². The highest BCUT2D eigenvalue weighted by atomic mass is 35.5. The van der Waals surface area contributed by atoms with Gasteiger partial charge < -0.3 is 14.6 Å². The molecule has 2 heterocycles. The summed E-state index contributed by atoms with van der Waals surface area (Å²) in [6.07, 6.45) is -0.403. The molecule has 0 aromatic heterocycles. The molecule has 2 atom stereocenters. The number of ether oxygens (including phenoxy) is 2. The van der Waals surface area contributed by atoms with E-state index in [0.717, 1.165) is 17.7 Å². The van der Waals surface area contributed by atoms with Crippen molar-refractivity contribution in [3.8, 4) is 5.75 Å². The Balaban J connectivity index is 1.58. The first-order chi connectivity index (χ1) is 18.2. The van der Waals surface area contributed by atoms with Gasteiger partial charge in [0, 0.05) is 6.42 Å². The summed E-state index contributed by atoms with van der Waals surface area (Å²) in [5.74, 6) is -4.07. The summed E-state index contributed by atoms with van der Waals surface area (Å²) >= 11 is 5.78. The Kier molecular flexibility index (Phi) is 7.96. The summed E-state index contributed by atoms with van der Waals surface area (Å²) in [6.45, 7) is 5.04. The normalized spacial score (nSPS) is 20.5. The molecule has 2 bridgehead atoms. The molecule has 2 unspecified atom stereocenters. The summed E-state index contributed by atoms with van der Waals surface area (Å²) in [5.41, 5.74) is 0.798. The van der Waals surface area contributed by atoms with E-state index < -0.39 is 62.0 Å². The number of carbonyl (C=O) groups excluding carboxylic acids is 1. The van der Waals surface area contributed by atoms with Crippen LogP contribution in [-0.2, 0) is 25.8 Å². The number of hydrogen-bond donors (Lipinski definition) is 1. The van der Waals surface area contributed by atoms with Gasteiger partial charge in [0.25, 0.3) is 0 Å². The van der Waals surface area contributed by atoms with Crippen LogP contribution in [0.5, 0.6) is 5.75 Å². The van der Waals surface area contributed by atoms with Gasteiger partial charge >= 0.3 is 12.1 Å². The Bertz CT molecular complexity index is 1440. The molecule has 2 aromatic carbocycles. The van der Waals surface area contributed by atoms with Crippen molar-refractivity contribution < 1.29 is 41.4 Å². The average Bonchev–Trinajstić information content (AvgIpc) is 2.81. The van der Waals surface area contributed by atoms with Gasteiger partial charge in [0.15, 0.2) is 21.4 Å². The number of hydrogen-bond acceptors (Lipinski definition) is 6. The van der Waals surface area contributed by atoms with Gasteiger partial charge in [-0.15, -0.1) is 0 Å². The van der Waals surface area contributed by atoms with Gasteiger partial charge in [-0.05, 0) is 56.0 Å². The molecule has 0 radical (unpaired) electrons. The Labute approximate surface area is 230 Å². The SMILES string of the molecule is CC(C)(C)OC(=O)N1C2CC(c3ccc(CCOc4c(F)ccc(F)c4Cl)cc3)=C(C(=O)O)C1CS(=O)(=O)C2. The molecule has 210 valence electrons. The predicted octanol–water partition coefficient (Wildman–Crippen LogP) is 4.88. The number of fused-ring (bicyclic) bond motifs is 2. The van der Waals surface area contributed by atoms with Gasteiger partial charge in [0.1, 0.15) is 16.4 Å². The molecule has 1 N–H and O–H groups in total. The van der Waals surface area contributed by atoms with E-state index in [0.29, 0.717) is 17.6 Å². The minimum absolute atomic E-state index is 0.00929. The maximum Gasteiger partial charge on any atom is 0.411 e. The summed E-state index contributed by atoms with van der Waals surface area (Å²) < 4.78 is 63.5. The third-order valence-corrected chi connectivity index (χ3v) is 8.53. The van der Waals surface area contributed by atoms with E-state index in [2.05, 4.69) is 0 Å². The van der Waals surface area contributed by atoms with Crippen LogP contribution in [0.3, 0.4) is 0 Å². The van der Waals surface area contributed by atoms with Crippen molar-refractivity contribution in [3.63, 3.8) is 0 Å². The van der Waals surface area contributed by atoms with Crippen LogP contribution in [0.2, 0.25) is 5.02 Å². The number of nitrogens with zero attached hydrogens (tertiary/aromatic N) is 1. The number of carbonyl (C=O) groups is 2. The number of aliphatic carboxylic acids is 1. The number of carboxylic acids is 1. The van der Waals surface area contributed by atoms with Gasteiger partial charge in [-0.1, -0.05) is 35.9 Å². The average molecular weight is 584 g/mol. The van der Waals surface area contributed by atoms with Crippen LogP contribution in [0.25, 0.3) is 5.57 Å². The van der Waals surface area contributed by atoms with Crippen molar-refractivity contribution in [2.75, 3.05) is 18.1 Å². The van der Waals surface area contributed by atoms with Crippen molar-refractivity contribution in [2.24, 2.45) is 0 Å². The van der Waals surface area contributed by atoms with E-state index in [1.54, 1.807) is 45.0 Å². The molecule has 0 aliphatic carbocycles. The second-order valence-corrected chi connectivity index (χ2v) is 13.0. The molecule has 1 saturated heterocycles. The molecule has 2 aliphatic heterocycles. The molecule has 8 nitrogen and oxygen atoms in total. The molecule has 39 heavy (non-hydrogen) atoms. The lowest BCUT2D eigenvalue weighted by atomic mass is 9.85. The molecular formula is C27H28ClF2NO7S. The number of benzene rings is 2. The molecule has 4 rings (SSSR count). The molecule has 12 heteroatoms. The first-order valence-corrected chi connectivity index (χ1v) is 14.4. The van der Waals surface area contributed by atoms with Gasteiger partial charge in [0.2, 0.25) is 0 Å². The van der Waals surface area contributed by atoms with E-state index in [1.807, 2.05) is 0 Å². The highest BCUT2D eigenvalue weighted by Gasteiger charge is 2.50. The van der Waals surface area contributed by atoms with Crippen molar-refractivity contribution in [1.29, 1.82) is 0 Å². The van der Waals surface area contributed by atoms with Crippen LogP contribution < -0.4 is 4.74 Å². The van der Waals surface area contributed by atoms with Crippen LogP contribution >= 0.6 is 11.6 Å². The maximum absolute atomic E-state index is 13.9. The van der Waals surface area contributed by atoms with Crippen LogP contribution in [0.4, 0.5) is 13.6 Å². The van der Waals surface area contributed by atoms with Crippen molar-refractivity contribution >= 4 is 39.1 Å². The van der Waals surface area contributed by atoms with Gasteiger partial charge in [-0.2, -0.15) is 0 Å². The maximum atomic E-state index is 13.9. The third kappa shape index (κ3) is 6.36. The zero-order valence-corrected chi connectivity index (χ0v) is 23.1. The van der Waals surface area contributed by atoms with Gasteiger partial charge in [0.05, 0.1) is 35.8 Å². The van der Waals surface area contributed by atoms with Gasteiger partial charge in [-0.25, -0.2) is 26.8 Å². The minimum Gasteiger partial charge on any atom is -0.488 e. The largest absolute Gasteiger partial charge is 0.488 e. The number of sulfone groups is 1. The number of amides is 1. The molecule has 1 amide bonds. The first-order valence-electron chi connectivity index (χ1n) is 12.2. The molecule has 2 aliphatic rings. The Morgan fingerprint density at radius 1 is 1.08 bits per heavy atom. The number of carboxylic acid groups (broad SMARTS) is 1. The Hall–Kier alpha value is -3.18. The fourth-order valence-electron chi connectivity index (χ4n) is 4.86. The predicted molar refractivity (Wildman–Crippen MR) is 140 cm³/mol. The quantitative estimate of drug-likeness (QED) is 0.482. The lowest BCUT2D eigenvalue weighted by Crippen LogP contribution is -2.61. The molecule has 2 aromatic rings. The fraction of sp³-hybridized carbons (Fsp3) is 0.407. The third-order valence-electron chi connectivity index (χ3n) is 6.46. The van der Waals surface area contributed by atoms with E-state index >= 15 is 0 Å². The number of rotatable bonds is 6. The summed E-state index contributed by atoms with van der Waals surface area (Å²) in [5, 5.41) is 9.67. The van der Waals surface area contributed by atoms with Crippen LogP contribution in [0, 0.1) is 11.6 Å². The summed E-state index contributed by atoms with van der Waals surface area (Å²) in [7, 11) is -3.59. The smallest absolute Gasteiger partial charge is 0.411 e. The fourth-order valence-corrected chi connectivity index (χ4v) is 6.88. The second kappa shape index (κ2) is 10.8. The van der Waals surface area contributed by atoms with E-state index in [1.165, 1.54) is 4.90 Å². The Morgan fingerprint density at radius 3 is 2.33 bits per heavy atom. The highest BCUT2D eigenvalue weighted by Crippen LogP contribution is 2.40. The topological polar surface area (TPSA) is 110 Å². The first kappa shape index (κ1) is 28.8. The van der Waals surface area contributed by atoms with Crippen LogP contribution in [0.15, 0.2) is 42.0 Å². The molecule has 0 saturated carbocycles. The molecule has 0 spiro atoms. The van der Waals surface area contributed by atoms with Crippen LogP contribution in [0.1, 0.15) is 38.3 Å². The lowest BCUT2D eigenvalue weighted by molar-refractivity contribution is -0.133. The second-order valence-electron chi connectivity index (χ2n) is 10.5. The molecular weight excluding hydrogens is 556 g/mol. The van der Waals surface area contributed by atoms with Crippen molar-refractivity contribution in [1.82, 2.24) is 4.90 Å². The minimum atomic E-state index is -3.59. The number of halogens is 3. The zero-order chi connectivity index (χ0) is 28.7. The van der Waals surface area contributed by atoms with Crippen LogP contribution in [-0.4, -0.2) is 66.3 Å². The Morgan fingerprint density at radius 2 is 1.72 bits per heavy atom. The van der Waals surface area contributed by atoms with Gasteiger partial charge in [-0.3, -0.25) is 4.90 Å². The highest BCUT2D eigenvalue weighted by molar-refractivity contribution is 7.91.